The molecule has 5 rings (SSSR count). The largest absolute Gasteiger partial charge is 0.352 e. The fourth-order valence-electron chi connectivity index (χ4n) is 3.73. The molecule has 4 aromatic rings. The van der Waals surface area contributed by atoms with Crippen LogP contribution < -0.4 is 10.2 Å². The van der Waals surface area contributed by atoms with Crippen molar-refractivity contribution in [2.45, 2.75) is 6.42 Å². The molecule has 1 aliphatic heterocycles. The Bertz CT molecular complexity index is 1340. The van der Waals surface area contributed by atoms with Gasteiger partial charge in [0, 0.05) is 18.5 Å². The van der Waals surface area contributed by atoms with Crippen molar-refractivity contribution in [1.82, 2.24) is 15.3 Å². The van der Waals surface area contributed by atoms with Crippen molar-refractivity contribution < 1.29 is 18.8 Å². The van der Waals surface area contributed by atoms with Crippen LogP contribution in [0.2, 0.25) is 0 Å². The minimum Gasteiger partial charge on any atom is -0.352 e. The number of imide groups is 1. The summed E-state index contributed by atoms with van der Waals surface area (Å²) < 4.78 is 13.2. The van der Waals surface area contributed by atoms with Crippen LogP contribution in [-0.2, 0) is 6.42 Å². The Morgan fingerprint density at radius 2 is 1.72 bits per heavy atom. The van der Waals surface area contributed by atoms with Crippen LogP contribution in [0.3, 0.4) is 0 Å². The van der Waals surface area contributed by atoms with Crippen LogP contribution in [0.1, 0.15) is 36.9 Å². The number of nitrogens with zero attached hydrogens (tertiary/aromatic N) is 2. The zero-order valence-electron chi connectivity index (χ0n) is 16.8. The number of hydrogen-bond acceptors (Lipinski definition) is 4. The molecule has 32 heavy (non-hydrogen) atoms. The highest BCUT2D eigenvalue weighted by molar-refractivity contribution is 6.34. The number of nitrogens with one attached hydrogen (secondary N) is 2. The average molecular weight is 428 g/mol. The first kappa shape index (κ1) is 19.6. The van der Waals surface area contributed by atoms with E-state index in [2.05, 4.69) is 15.3 Å². The number of benzene rings is 3. The highest BCUT2D eigenvalue weighted by Gasteiger charge is 2.37. The summed E-state index contributed by atoms with van der Waals surface area (Å²) in [7, 11) is 0. The molecule has 1 aliphatic rings. The molecule has 2 N–H and O–H groups in total. The molecule has 0 saturated heterocycles. The van der Waals surface area contributed by atoms with Gasteiger partial charge < -0.3 is 10.3 Å². The van der Waals surface area contributed by atoms with Crippen molar-refractivity contribution in [3.63, 3.8) is 0 Å². The molecule has 0 atom stereocenters. The number of aromatic amines is 1. The summed E-state index contributed by atoms with van der Waals surface area (Å²) in [5.41, 5.74) is 2.69. The third-order valence-electron chi connectivity index (χ3n) is 5.32. The van der Waals surface area contributed by atoms with Crippen LogP contribution in [0.4, 0.5) is 10.1 Å². The number of hydrogen-bond donors (Lipinski definition) is 2. The third-order valence-corrected chi connectivity index (χ3v) is 5.32. The van der Waals surface area contributed by atoms with Gasteiger partial charge in [0.25, 0.3) is 17.7 Å². The number of aromatic nitrogens is 2. The second-order valence-corrected chi connectivity index (χ2v) is 7.39. The number of rotatable bonds is 5. The summed E-state index contributed by atoms with van der Waals surface area (Å²) in [6.45, 7) is 0.352. The summed E-state index contributed by atoms with van der Waals surface area (Å²) in [6, 6.07) is 17.1. The summed E-state index contributed by atoms with van der Waals surface area (Å²) in [5, 5.41) is 2.81. The van der Waals surface area contributed by atoms with Gasteiger partial charge in [-0.15, -0.1) is 0 Å². The van der Waals surface area contributed by atoms with Crippen molar-refractivity contribution in [2.75, 3.05) is 11.4 Å². The first-order valence-electron chi connectivity index (χ1n) is 10.0. The Kier molecular flexibility index (Phi) is 4.74. The van der Waals surface area contributed by atoms with E-state index >= 15 is 0 Å². The van der Waals surface area contributed by atoms with Crippen molar-refractivity contribution in [3.8, 4) is 0 Å². The molecule has 0 unspecified atom stereocenters. The van der Waals surface area contributed by atoms with E-state index in [1.165, 1.54) is 42.5 Å². The summed E-state index contributed by atoms with van der Waals surface area (Å²) in [4.78, 5) is 46.7. The highest BCUT2D eigenvalue weighted by Crippen LogP contribution is 2.29. The molecular formula is C24H17FN4O3. The maximum atomic E-state index is 13.2. The molecule has 0 fully saturated rings. The summed E-state index contributed by atoms with van der Waals surface area (Å²) in [5.74, 6) is -1.12. The van der Waals surface area contributed by atoms with E-state index in [4.69, 9.17) is 0 Å². The molecule has 2 heterocycles. The highest BCUT2D eigenvalue weighted by atomic mass is 19.1. The van der Waals surface area contributed by atoms with E-state index in [1.54, 1.807) is 0 Å². The number of fused-ring (bicyclic) bond motifs is 2. The van der Waals surface area contributed by atoms with E-state index in [9.17, 15) is 18.8 Å². The Hall–Kier alpha value is -4.33. The normalized spacial score (nSPS) is 13.0. The Morgan fingerprint density at radius 1 is 0.969 bits per heavy atom. The average Bonchev–Trinajstić information content (AvgIpc) is 3.32. The van der Waals surface area contributed by atoms with Gasteiger partial charge in [0.2, 0.25) is 0 Å². The fourth-order valence-corrected chi connectivity index (χ4v) is 3.73. The van der Waals surface area contributed by atoms with E-state index in [0.717, 1.165) is 21.8 Å². The van der Waals surface area contributed by atoms with E-state index in [1.807, 2.05) is 24.3 Å². The first-order valence-corrected chi connectivity index (χ1v) is 10.0. The molecule has 7 nitrogen and oxygen atoms in total. The van der Waals surface area contributed by atoms with Crippen LogP contribution in [0.25, 0.3) is 11.0 Å². The quantitative estimate of drug-likeness (QED) is 0.476. The third kappa shape index (κ3) is 3.41. The lowest BCUT2D eigenvalue weighted by molar-refractivity contribution is 0.0923. The lowest BCUT2D eigenvalue weighted by Crippen LogP contribution is -2.29. The van der Waals surface area contributed by atoms with Crippen LogP contribution >= 0.6 is 0 Å². The Labute approximate surface area is 181 Å². The van der Waals surface area contributed by atoms with Gasteiger partial charge in [-0.3, -0.25) is 14.4 Å². The number of imidazole rings is 1. The molecule has 8 heteroatoms. The monoisotopic (exact) mass is 428 g/mol. The molecule has 0 spiro atoms. The smallest absolute Gasteiger partial charge is 0.266 e. The van der Waals surface area contributed by atoms with E-state index < -0.39 is 17.6 Å². The SMILES string of the molecule is O=C(NCCc1nc2ccccc2[nH]1)c1ccc2c(c1)C(=O)N(c1ccc(F)cc1)C2=O. The second-order valence-electron chi connectivity index (χ2n) is 7.39. The molecule has 158 valence electrons. The maximum Gasteiger partial charge on any atom is 0.266 e. The lowest BCUT2D eigenvalue weighted by atomic mass is 10.1. The molecule has 0 saturated carbocycles. The van der Waals surface area contributed by atoms with Crippen LogP contribution in [0.5, 0.6) is 0 Å². The molecule has 0 aliphatic carbocycles. The van der Waals surface area contributed by atoms with Crippen molar-refractivity contribution in [3.05, 3.63) is 95.1 Å². The minimum absolute atomic E-state index is 0.143. The fraction of sp³-hybridized carbons (Fsp3) is 0.0833. The van der Waals surface area contributed by atoms with Gasteiger partial charge >= 0.3 is 0 Å². The Morgan fingerprint density at radius 3 is 2.50 bits per heavy atom. The van der Waals surface area contributed by atoms with E-state index in [-0.39, 0.29) is 28.3 Å². The van der Waals surface area contributed by atoms with Gasteiger partial charge in [0.1, 0.15) is 11.6 Å². The zero-order valence-corrected chi connectivity index (χ0v) is 16.8. The molecular weight excluding hydrogens is 411 g/mol. The van der Waals surface area contributed by atoms with Crippen molar-refractivity contribution in [2.24, 2.45) is 0 Å². The van der Waals surface area contributed by atoms with Crippen molar-refractivity contribution in [1.29, 1.82) is 0 Å². The van der Waals surface area contributed by atoms with Gasteiger partial charge in [-0.05, 0) is 54.6 Å². The molecule has 0 radical (unpaired) electrons. The predicted octanol–water partition coefficient (Wildman–Crippen LogP) is 3.48. The topological polar surface area (TPSA) is 95.2 Å². The molecule has 3 amide bonds. The molecule has 0 bridgehead atoms. The van der Waals surface area contributed by atoms with Gasteiger partial charge in [-0.25, -0.2) is 14.3 Å². The minimum atomic E-state index is -0.548. The van der Waals surface area contributed by atoms with Gasteiger partial charge in [0.15, 0.2) is 0 Å². The van der Waals surface area contributed by atoms with Gasteiger partial charge in [0.05, 0.1) is 27.8 Å². The van der Waals surface area contributed by atoms with Gasteiger partial charge in [-0.2, -0.15) is 0 Å². The van der Waals surface area contributed by atoms with Gasteiger partial charge in [-0.1, -0.05) is 12.1 Å². The number of halogens is 1. The van der Waals surface area contributed by atoms with E-state index in [0.29, 0.717) is 13.0 Å². The summed E-state index contributed by atoms with van der Waals surface area (Å²) >= 11 is 0. The first-order chi connectivity index (χ1) is 15.5. The zero-order chi connectivity index (χ0) is 22.2. The number of carbonyl (C=O) groups excluding carboxylic acids is 3. The predicted molar refractivity (Wildman–Crippen MR) is 116 cm³/mol. The van der Waals surface area contributed by atoms with Crippen LogP contribution in [0, 0.1) is 5.82 Å². The second kappa shape index (κ2) is 7.73. The standard InChI is InChI=1S/C24H17FN4O3/c25-15-6-8-16(9-7-15)29-23(31)17-10-5-14(13-18(17)24(29)32)22(30)26-12-11-21-27-19-3-1-2-4-20(19)28-21/h1-10,13H,11-12H2,(H,26,30)(H,27,28). The molecule has 3 aromatic carbocycles. The molecule has 1 aromatic heterocycles. The maximum absolute atomic E-state index is 13.2. The lowest BCUT2D eigenvalue weighted by Gasteiger charge is -2.13. The van der Waals surface area contributed by atoms with Crippen LogP contribution in [0.15, 0.2) is 66.7 Å². The summed E-state index contributed by atoms with van der Waals surface area (Å²) in [6.07, 6.45) is 0.515. The number of para-hydroxylation sites is 2. The van der Waals surface area contributed by atoms with Crippen molar-refractivity contribution >= 4 is 34.4 Å². The Balaban J connectivity index is 1.29. The number of H-pyrrole nitrogens is 1. The number of anilines is 1. The number of carbonyl (C=O) groups is 3. The van der Waals surface area contributed by atoms with Crippen LogP contribution in [-0.4, -0.2) is 34.2 Å². The number of amides is 3.